The maximum absolute atomic E-state index is 13.0. The van der Waals surface area contributed by atoms with Gasteiger partial charge >= 0.3 is 12.1 Å². The molecule has 0 saturated carbocycles. The van der Waals surface area contributed by atoms with Gasteiger partial charge in [0.15, 0.2) is 0 Å². The summed E-state index contributed by atoms with van der Waals surface area (Å²) in [5.41, 5.74) is -0.125. The summed E-state index contributed by atoms with van der Waals surface area (Å²) in [5.74, 6) is -1.48. The first-order chi connectivity index (χ1) is 11.7. The number of carboxylic acid groups (broad SMARTS) is 1. The topological polar surface area (TPSA) is 95.9 Å². The highest BCUT2D eigenvalue weighted by Crippen LogP contribution is 2.24. The second-order valence-corrected chi connectivity index (χ2v) is 7.02. The van der Waals surface area contributed by atoms with Gasteiger partial charge in [-0.15, -0.1) is 0 Å². The minimum absolute atomic E-state index is 0.356. The number of rotatable bonds is 4. The summed E-state index contributed by atoms with van der Waals surface area (Å²) in [4.78, 5) is 37.8. The Morgan fingerprint density at radius 2 is 1.88 bits per heavy atom. The summed E-state index contributed by atoms with van der Waals surface area (Å²) in [6, 6.07) is 6.89. The van der Waals surface area contributed by atoms with Crippen LogP contribution in [0.4, 0.5) is 4.79 Å². The molecule has 0 aliphatic carbocycles. The van der Waals surface area contributed by atoms with E-state index in [2.05, 4.69) is 5.32 Å². The molecule has 0 unspecified atom stereocenters. The normalized spacial score (nSPS) is 18.5. The van der Waals surface area contributed by atoms with E-state index in [0.29, 0.717) is 24.9 Å². The molecule has 1 fully saturated rings. The lowest BCUT2D eigenvalue weighted by atomic mass is 10.1. The molecule has 1 aromatic rings. The van der Waals surface area contributed by atoms with Crippen molar-refractivity contribution < 1.29 is 24.2 Å². The molecule has 7 heteroatoms. The molecule has 0 bridgehead atoms. The third-order valence-corrected chi connectivity index (χ3v) is 3.86. The smallest absolute Gasteiger partial charge is 0.408 e. The van der Waals surface area contributed by atoms with Crippen molar-refractivity contribution in [2.24, 2.45) is 0 Å². The number of likely N-dealkylation sites (tertiary alicyclic amines) is 1. The predicted molar refractivity (Wildman–Crippen MR) is 90.9 cm³/mol. The van der Waals surface area contributed by atoms with Gasteiger partial charge in [-0.1, -0.05) is 30.3 Å². The van der Waals surface area contributed by atoms with E-state index in [1.54, 1.807) is 51.1 Å². The van der Waals surface area contributed by atoms with Crippen LogP contribution in [-0.4, -0.2) is 46.2 Å². The third-order valence-electron chi connectivity index (χ3n) is 3.86. The second-order valence-electron chi connectivity index (χ2n) is 7.02. The van der Waals surface area contributed by atoms with Crippen molar-refractivity contribution in [3.05, 3.63) is 35.9 Å². The Bertz CT molecular complexity index is 639. The third kappa shape index (κ3) is 4.95. The van der Waals surface area contributed by atoms with Gasteiger partial charge in [0.1, 0.15) is 17.7 Å². The molecule has 136 valence electrons. The van der Waals surface area contributed by atoms with E-state index in [1.165, 1.54) is 4.90 Å². The molecule has 1 aromatic carbocycles. The number of ether oxygens (including phenoxy) is 1. The lowest BCUT2D eigenvalue weighted by Crippen LogP contribution is -2.48. The van der Waals surface area contributed by atoms with E-state index < -0.39 is 35.7 Å². The van der Waals surface area contributed by atoms with Gasteiger partial charge in [-0.2, -0.15) is 0 Å². The zero-order chi connectivity index (χ0) is 18.6. The van der Waals surface area contributed by atoms with E-state index in [4.69, 9.17) is 4.74 Å². The summed E-state index contributed by atoms with van der Waals surface area (Å²) in [5, 5.41) is 11.9. The molecular weight excluding hydrogens is 324 g/mol. The van der Waals surface area contributed by atoms with Crippen molar-refractivity contribution in [2.45, 2.75) is 51.3 Å². The maximum Gasteiger partial charge on any atom is 0.408 e. The zero-order valence-electron chi connectivity index (χ0n) is 14.7. The molecule has 1 aliphatic rings. The van der Waals surface area contributed by atoms with Crippen molar-refractivity contribution in [1.82, 2.24) is 10.2 Å². The number of carboxylic acids is 1. The van der Waals surface area contributed by atoms with Crippen LogP contribution < -0.4 is 5.32 Å². The van der Waals surface area contributed by atoms with Crippen molar-refractivity contribution in [2.75, 3.05) is 6.54 Å². The summed E-state index contributed by atoms with van der Waals surface area (Å²) in [6.07, 6.45) is 0.312. The van der Waals surface area contributed by atoms with Crippen LogP contribution in [0.1, 0.15) is 45.2 Å². The second kappa shape index (κ2) is 7.55. The highest BCUT2D eigenvalue weighted by atomic mass is 16.6. The lowest BCUT2D eigenvalue weighted by molar-refractivity contribution is -0.149. The SMILES string of the molecule is CC(C)(C)OC(=O)N[C@@H](C(=O)N1CCC[C@H]1C(=O)O)c1ccccc1. The number of alkyl carbamates (subject to hydrolysis) is 1. The number of aliphatic carboxylic acids is 1. The Hall–Kier alpha value is -2.57. The van der Waals surface area contributed by atoms with Crippen molar-refractivity contribution in [3.63, 3.8) is 0 Å². The van der Waals surface area contributed by atoms with Crippen molar-refractivity contribution in [1.29, 1.82) is 0 Å². The van der Waals surface area contributed by atoms with Crippen LogP contribution in [0.15, 0.2) is 30.3 Å². The molecule has 0 aromatic heterocycles. The van der Waals surface area contributed by atoms with E-state index in [9.17, 15) is 19.5 Å². The van der Waals surface area contributed by atoms with Gasteiger partial charge in [-0.3, -0.25) is 4.79 Å². The first-order valence-corrected chi connectivity index (χ1v) is 8.27. The van der Waals surface area contributed by atoms with Crippen LogP contribution in [0, 0.1) is 0 Å². The molecule has 0 spiro atoms. The molecule has 1 aliphatic heterocycles. The van der Waals surface area contributed by atoms with Crippen molar-refractivity contribution in [3.8, 4) is 0 Å². The fraction of sp³-hybridized carbons (Fsp3) is 0.500. The lowest BCUT2D eigenvalue weighted by Gasteiger charge is -2.28. The monoisotopic (exact) mass is 348 g/mol. The Labute approximate surface area is 147 Å². The first-order valence-electron chi connectivity index (χ1n) is 8.27. The summed E-state index contributed by atoms with van der Waals surface area (Å²) in [6.45, 7) is 5.54. The van der Waals surface area contributed by atoms with Crippen LogP contribution >= 0.6 is 0 Å². The quantitative estimate of drug-likeness (QED) is 0.870. The predicted octanol–water partition coefficient (Wildman–Crippen LogP) is 2.33. The average Bonchev–Trinajstić information content (AvgIpc) is 3.01. The van der Waals surface area contributed by atoms with Crippen LogP contribution in [0.3, 0.4) is 0 Å². The van der Waals surface area contributed by atoms with Gasteiger partial charge < -0.3 is 20.1 Å². The molecule has 0 radical (unpaired) electrons. The Kier molecular flexibility index (Phi) is 5.66. The number of benzene rings is 1. The zero-order valence-corrected chi connectivity index (χ0v) is 14.7. The fourth-order valence-electron chi connectivity index (χ4n) is 2.81. The molecule has 25 heavy (non-hydrogen) atoms. The molecule has 2 rings (SSSR count). The first kappa shape index (κ1) is 18.8. The van der Waals surface area contributed by atoms with Gasteiger partial charge in [0.2, 0.25) is 0 Å². The van der Waals surface area contributed by atoms with Crippen molar-refractivity contribution >= 4 is 18.0 Å². The van der Waals surface area contributed by atoms with Gasteiger partial charge in [-0.25, -0.2) is 9.59 Å². The number of amides is 2. The van der Waals surface area contributed by atoms with Crippen LogP contribution in [0.2, 0.25) is 0 Å². The molecule has 2 amide bonds. The molecule has 7 nitrogen and oxygen atoms in total. The number of carbonyl (C=O) groups is 3. The summed E-state index contributed by atoms with van der Waals surface area (Å²) in [7, 11) is 0. The molecular formula is C18H24N2O5. The van der Waals surface area contributed by atoms with Gasteiger partial charge in [0.05, 0.1) is 0 Å². The number of carbonyl (C=O) groups excluding carboxylic acids is 2. The molecule has 1 heterocycles. The maximum atomic E-state index is 13.0. The largest absolute Gasteiger partial charge is 0.480 e. The Morgan fingerprint density at radius 1 is 1.24 bits per heavy atom. The van der Waals surface area contributed by atoms with Crippen LogP contribution in [0.5, 0.6) is 0 Å². The number of hydrogen-bond acceptors (Lipinski definition) is 4. The van der Waals surface area contributed by atoms with E-state index >= 15 is 0 Å². The fourth-order valence-corrected chi connectivity index (χ4v) is 2.81. The average molecular weight is 348 g/mol. The van der Waals surface area contributed by atoms with Crippen LogP contribution in [0.25, 0.3) is 0 Å². The highest BCUT2D eigenvalue weighted by Gasteiger charge is 2.38. The molecule has 2 atom stereocenters. The number of nitrogens with one attached hydrogen (secondary N) is 1. The highest BCUT2D eigenvalue weighted by molar-refractivity contribution is 5.90. The Balaban J connectivity index is 2.24. The summed E-state index contributed by atoms with van der Waals surface area (Å²) >= 11 is 0. The molecule has 2 N–H and O–H groups in total. The van der Waals surface area contributed by atoms with E-state index in [-0.39, 0.29) is 0 Å². The number of hydrogen-bond donors (Lipinski definition) is 2. The number of nitrogens with zero attached hydrogens (tertiary/aromatic N) is 1. The minimum atomic E-state index is -1.03. The van der Waals surface area contributed by atoms with Gasteiger partial charge in [0.25, 0.3) is 5.91 Å². The van der Waals surface area contributed by atoms with Gasteiger partial charge in [0, 0.05) is 6.54 Å². The standard InChI is InChI=1S/C18H24N2O5/c1-18(2,3)25-17(24)19-14(12-8-5-4-6-9-12)15(21)20-11-7-10-13(20)16(22)23/h4-6,8-9,13-14H,7,10-11H2,1-3H3,(H,19,24)(H,22,23)/t13-,14+/m0/s1. The van der Waals surface area contributed by atoms with Gasteiger partial charge in [-0.05, 0) is 39.2 Å². The minimum Gasteiger partial charge on any atom is -0.480 e. The Morgan fingerprint density at radius 3 is 2.44 bits per heavy atom. The van der Waals surface area contributed by atoms with E-state index in [0.717, 1.165) is 0 Å². The van der Waals surface area contributed by atoms with Crippen LogP contribution in [-0.2, 0) is 14.3 Å². The molecule has 1 saturated heterocycles. The van der Waals surface area contributed by atoms with E-state index in [1.807, 2.05) is 0 Å². The summed E-state index contributed by atoms with van der Waals surface area (Å²) < 4.78 is 5.24.